The lowest BCUT2D eigenvalue weighted by molar-refractivity contribution is -0.126. The molecule has 0 saturated heterocycles. The first-order chi connectivity index (χ1) is 10.4. The lowest BCUT2D eigenvalue weighted by Crippen LogP contribution is -2.15. The molecule has 0 radical (unpaired) electrons. The van der Waals surface area contributed by atoms with Crippen LogP contribution in [0.25, 0.3) is 0 Å². The first kappa shape index (κ1) is 23.4. The number of ketones is 1. The summed E-state index contributed by atoms with van der Waals surface area (Å²) in [4.78, 5) is 21.2. The van der Waals surface area contributed by atoms with Crippen LogP contribution in [0.5, 0.6) is 0 Å². The maximum absolute atomic E-state index is 11.2. The SMILES string of the molecule is CC(C)C.CC(C)C(=O)COCCCCCCCCNC=O. The monoisotopic (exact) mass is 315 g/mol. The average molecular weight is 315 g/mol. The fourth-order valence-corrected chi connectivity index (χ4v) is 1.54. The largest absolute Gasteiger partial charge is 0.374 e. The molecular formula is C18H37NO3. The standard InChI is InChI=1S/C14H27NO3.C4H10/c1-13(2)14(17)11-18-10-8-6-4-3-5-7-9-15-12-16;1-4(2)3/h12-13H,3-11H2,1-2H3,(H,15,16);4H,1-3H3. The molecule has 1 amide bonds. The summed E-state index contributed by atoms with van der Waals surface area (Å²) in [6.45, 7) is 12.0. The number of amides is 1. The summed E-state index contributed by atoms with van der Waals surface area (Å²) >= 11 is 0. The minimum Gasteiger partial charge on any atom is -0.374 e. The van der Waals surface area contributed by atoms with Crippen molar-refractivity contribution in [3.63, 3.8) is 0 Å². The van der Waals surface area contributed by atoms with Gasteiger partial charge in [0.1, 0.15) is 6.61 Å². The average Bonchev–Trinajstić information content (AvgIpc) is 2.43. The summed E-state index contributed by atoms with van der Waals surface area (Å²) in [5, 5.41) is 2.65. The van der Waals surface area contributed by atoms with Crippen molar-refractivity contribution in [2.45, 2.75) is 73.1 Å². The van der Waals surface area contributed by atoms with Crippen LogP contribution in [0.3, 0.4) is 0 Å². The molecule has 0 aromatic heterocycles. The first-order valence-electron chi connectivity index (χ1n) is 8.69. The van der Waals surface area contributed by atoms with Gasteiger partial charge in [-0.2, -0.15) is 0 Å². The Hall–Kier alpha value is -0.900. The molecule has 0 fully saturated rings. The Morgan fingerprint density at radius 3 is 1.95 bits per heavy atom. The van der Waals surface area contributed by atoms with Crippen molar-refractivity contribution < 1.29 is 14.3 Å². The van der Waals surface area contributed by atoms with Gasteiger partial charge in [0.05, 0.1) is 0 Å². The summed E-state index contributed by atoms with van der Waals surface area (Å²) in [5.41, 5.74) is 0. The minimum absolute atomic E-state index is 0.0741. The van der Waals surface area contributed by atoms with E-state index in [9.17, 15) is 9.59 Å². The van der Waals surface area contributed by atoms with Gasteiger partial charge in [0.25, 0.3) is 0 Å². The summed E-state index contributed by atoms with van der Waals surface area (Å²) < 4.78 is 5.32. The number of ether oxygens (including phenoxy) is 1. The lowest BCUT2D eigenvalue weighted by Gasteiger charge is -2.05. The second kappa shape index (κ2) is 18.1. The Morgan fingerprint density at radius 2 is 1.45 bits per heavy atom. The highest BCUT2D eigenvalue weighted by Crippen LogP contribution is 2.05. The van der Waals surface area contributed by atoms with Crippen LogP contribution < -0.4 is 5.32 Å². The molecule has 0 atom stereocenters. The van der Waals surface area contributed by atoms with Gasteiger partial charge in [-0.25, -0.2) is 0 Å². The van der Waals surface area contributed by atoms with E-state index in [0.29, 0.717) is 6.61 Å². The molecular weight excluding hydrogens is 278 g/mol. The molecule has 4 nitrogen and oxygen atoms in total. The lowest BCUT2D eigenvalue weighted by atomic mass is 10.1. The number of Topliss-reactive ketones (excluding diaryl/α,β-unsaturated/α-hetero) is 1. The molecule has 0 unspecified atom stereocenters. The highest BCUT2D eigenvalue weighted by molar-refractivity contribution is 5.81. The second-order valence-corrected chi connectivity index (χ2v) is 6.60. The van der Waals surface area contributed by atoms with Crippen molar-refractivity contribution in [3.8, 4) is 0 Å². The highest BCUT2D eigenvalue weighted by atomic mass is 16.5. The zero-order valence-corrected chi connectivity index (χ0v) is 15.3. The van der Waals surface area contributed by atoms with Gasteiger partial charge in [0, 0.05) is 19.1 Å². The fraction of sp³-hybridized carbons (Fsp3) is 0.889. The summed E-state index contributed by atoms with van der Waals surface area (Å²) in [7, 11) is 0. The maximum atomic E-state index is 11.2. The van der Waals surface area contributed by atoms with Crippen LogP contribution in [0.2, 0.25) is 0 Å². The molecule has 0 spiro atoms. The van der Waals surface area contributed by atoms with E-state index in [1.54, 1.807) is 0 Å². The molecule has 0 heterocycles. The third-order valence-electron chi connectivity index (χ3n) is 2.83. The van der Waals surface area contributed by atoms with E-state index in [1.165, 1.54) is 12.8 Å². The molecule has 0 aromatic carbocycles. The predicted molar refractivity (Wildman–Crippen MR) is 92.9 cm³/mol. The molecule has 0 saturated carbocycles. The van der Waals surface area contributed by atoms with Gasteiger partial charge in [-0.05, 0) is 18.8 Å². The zero-order chi connectivity index (χ0) is 17.2. The number of unbranched alkanes of at least 4 members (excludes halogenated alkanes) is 5. The fourth-order valence-electron chi connectivity index (χ4n) is 1.54. The summed E-state index contributed by atoms with van der Waals surface area (Å²) in [6, 6.07) is 0. The molecule has 1 N–H and O–H groups in total. The Balaban J connectivity index is 0. The van der Waals surface area contributed by atoms with Gasteiger partial charge in [-0.1, -0.05) is 60.3 Å². The number of carbonyl (C=O) groups is 2. The van der Waals surface area contributed by atoms with Crippen molar-refractivity contribution in [2.24, 2.45) is 11.8 Å². The molecule has 0 rings (SSSR count). The first-order valence-corrected chi connectivity index (χ1v) is 8.69. The van der Waals surface area contributed by atoms with Gasteiger partial charge in [-0.15, -0.1) is 0 Å². The molecule has 4 heteroatoms. The van der Waals surface area contributed by atoms with Crippen LogP contribution in [0, 0.1) is 11.8 Å². The maximum Gasteiger partial charge on any atom is 0.207 e. The van der Waals surface area contributed by atoms with Crippen molar-refractivity contribution in [2.75, 3.05) is 19.8 Å². The minimum atomic E-state index is 0.0741. The smallest absolute Gasteiger partial charge is 0.207 e. The third kappa shape index (κ3) is 24.1. The summed E-state index contributed by atoms with van der Waals surface area (Å²) in [5.74, 6) is 1.09. The van der Waals surface area contributed by atoms with Gasteiger partial charge in [0.15, 0.2) is 5.78 Å². The molecule has 132 valence electrons. The van der Waals surface area contributed by atoms with Crippen LogP contribution in [-0.2, 0) is 14.3 Å². The Kier molecular flexibility index (Phi) is 19.3. The topological polar surface area (TPSA) is 55.4 Å². The van der Waals surface area contributed by atoms with Crippen LogP contribution in [-0.4, -0.2) is 32.0 Å². The molecule has 0 aliphatic heterocycles. The van der Waals surface area contributed by atoms with Crippen LogP contribution in [0.4, 0.5) is 0 Å². The Morgan fingerprint density at radius 1 is 0.955 bits per heavy atom. The Bertz CT molecular complexity index is 250. The van der Waals surface area contributed by atoms with Gasteiger partial charge >= 0.3 is 0 Å². The molecule has 0 aromatic rings. The summed E-state index contributed by atoms with van der Waals surface area (Å²) in [6.07, 6.45) is 7.53. The number of hydrogen-bond donors (Lipinski definition) is 1. The van der Waals surface area contributed by atoms with E-state index >= 15 is 0 Å². The van der Waals surface area contributed by atoms with Crippen molar-refractivity contribution in [3.05, 3.63) is 0 Å². The Labute approximate surface area is 137 Å². The number of nitrogens with one attached hydrogen (secondary N) is 1. The number of carbonyl (C=O) groups excluding carboxylic acids is 2. The molecule has 0 aliphatic carbocycles. The van der Waals surface area contributed by atoms with Crippen LogP contribution in [0.15, 0.2) is 0 Å². The predicted octanol–water partition coefficient (Wildman–Crippen LogP) is 3.98. The molecule has 0 aliphatic rings. The van der Waals surface area contributed by atoms with E-state index in [0.717, 1.165) is 44.6 Å². The van der Waals surface area contributed by atoms with E-state index < -0.39 is 0 Å². The number of hydrogen-bond acceptors (Lipinski definition) is 3. The van der Waals surface area contributed by atoms with Crippen molar-refractivity contribution in [1.82, 2.24) is 5.32 Å². The van der Waals surface area contributed by atoms with E-state index in [1.807, 2.05) is 13.8 Å². The zero-order valence-electron chi connectivity index (χ0n) is 15.3. The normalized spacial score (nSPS) is 10.3. The van der Waals surface area contributed by atoms with Crippen molar-refractivity contribution >= 4 is 12.2 Å². The highest BCUT2D eigenvalue weighted by Gasteiger charge is 2.06. The van der Waals surface area contributed by atoms with E-state index in [2.05, 4.69) is 26.1 Å². The van der Waals surface area contributed by atoms with Gasteiger partial charge < -0.3 is 10.1 Å². The molecule has 0 bridgehead atoms. The quantitative estimate of drug-likeness (QED) is 0.413. The van der Waals surface area contributed by atoms with Gasteiger partial charge in [-0.3, -0.25) is 9.59 Å². The van der Waals surface area contributed by atoms with Crippen LogP contribution in [0.1, 0.15) is 73.1 Å². The van der Waals surface area contributed by atoms with Gasteiger partial charge in [0.2, 0.25) is 6.41 Å². The third-order valence-corrected chi connectivity index (χ3v) is 2.83. The second-order valence-electron chi connectivity index (χ2n) is 6.60. The molecule has 22 heavy (non-hydrogen) atoms. The van der Waals surface area contributed by atoms with Crippen LogP contribution >= 0.6 is 0 Å². The van der Waals surface area contributed by atoms with E-state index in [4.69, 9.17) is 4.74 Å². The van der Waals surface area contributed by atoms with Crippen molar-refractivity contribution in [1.29, 1.82) is 0 Å². The van der Waals surface area contributed by atoms with E-state index in [-0.39, 0.29) is 18.3 Å². The number of rotatable bonds is 13.